The van der Waals surface area contributed by atoms with Crippen molar-refractivity contribution in [3.05, 3.63) is 77.2 Å². The van der Waals surface area contributed by atoms with E-state index >= 15 is 0 Å². The molecule has 0 radical (unpaired) electrons. The molecule has 3 N–H and O–H groups in total. The number of benzene rings is 2. The first-order chi connectivity index (χ1) is 14.0. The van der Waals surface area contributed by atoms with Crippen LogP contribution in [-0.2, 0) is 6.61 Å². The van der Waals surface area contributed by atoms with E-state index in [0.29, 0.717) is 16.5 Å². The SMILES string of the molecule is COc1ccc(NC(=S)NNC(=O)c2ccc(COc3ccccc3Cl)o2)cc1. The number of para-hydroxylation sites is 1. The first-order valence-corrected chi connectivity index (χ1v) is 9.31. The molecule has 9 heteroatoms. The quantitative estimate of drug-likeness (QED) is 0.399. The van der Waals surface area contributed by atoms with Crippen molar-refractivity contribution in [2.45, 2.75) is 6.61 Å². The van der Waals surface area contributed by atoms with Gasteiger partial charge >= 0.3 is 5.91 Å². The number of ether oxygens (including phenoxy) is 2. The van der Waals surface area contributed by atoms with Crippen LogP contribution in [0.25, 0.3) is 0 Å². The highest BCUT2D eigenvalue weighted by atomic mass is 35.5. The molecule has 0 spiro atoms. The van der Waals surface area contributed by atoms with Crippen LogP contribution in [-0.4, -0.2) is 18.1 Å². The Morgan fingerprint density at radius 1 is 1.07 bits per heavy atom. The molecule has 0 aliphatic rings. The van der Waals surface area contributed by atoms with Gasteiger partial charge in [0.2, 0.25) is 0 Å². The summed E-state index contributed by atoms with van der Waals surface area (Å²) in [7, 11) is 1.59. The summed E-state index contributed by atoms with van der Waals surface area (Å²) in [4.78, 5) is 12.2. The fraction of sp³-hybridized carbons (Fsp3) is 0.100. The largest absolute Gasteiger partial charge is 0.497 e. The summed E-state index contributed by atoms with van der Waals surface area (Å²) in [6.45, 7) is 0.141. The number of carbonyl (C=O) groups excluding carboxylic acids is 1. The molecule has 0 aliphatic heterocycles. The summed E-state index contributed by atoms with van der Waals surface area (Å²) in [5, 5.41) is 3.65. The summed E-state index contributed by atoms with van der Waals surface area (Å²) >= 11 is 11.2. The number of methoxy groups -OCH3 is 1. The predicted octanol–water partition coefficient (Wildman–Crippen LogP) is 4.15. The van der Waals surface area contributed by atoms with Crippen molar-refractivity contribution in [3.8, 4) is 11.5 Å². The monoisotopic (exact) mass is 431 g/mol. The highest BCUT2D eigenvalue weighted by Gasteiger charge is 2.12. The van der Waals surface area contributed by atoms with E-state index in [-0.39, 0.29) is 17.5 Å². The van der Waals surface area contributed by atoms with Crippen molar-refractivity contribution in [2.75, 3.05) is 12.4 Å². The highest BCUT2D eigenvalue weighted by Crippen LogP contribution is 2.24. The Kier molecular flexibility index (Phi) is 6.94. The molecule has 0 aliphatic carbocycles. The van der Waals surface area contributed by atoms with Gasteiger partial charge in [0.15, 0.2) is 10.9 Å². The van der Waals surface area contributed by atoms with Crippen LogP contribution in [0.15, 0.2) is 65.1 Å². The Morgan fingerprint density at radius 3 is 2.55 bits per heavy atom. The second-order valence-corrected chi connectivity index (χ2v) is 6.56. The van der Waals surface area contributed by atoms with Gasteiger partial charge in [0, 0.05) is 5.69 Å². The second-order valence-electron chi connectivity index (χ2n) is 5.75. The normalized spacial score (nSPS) is 10.1. The zero-order valence-electron chi connectivity index (χ0n) is 15.4. The van der Waals surface area contributed by atoms with E-state index in [1.54, 1.807) is 55.6 Å². The van der Waals surface area contributed by atoms with E-state index in [1.165, 1.54) is 0 Å². The third-order valence-electron chi connectivity index (χ3n) is 3.73. The molecule has 0 atom stereocenters. The molecule has 1 heterocycles. The van der Waals surface area contributed by atoms with Gasteiger partial charge in [0.05, 0.1) is 12.1 Å². The summed E-state index contributed by atoms with van der Waals surface area (Å²) < 4.78 is 16.2. The molecule has 29 heavy (non-hydrogen) atoms. The molecule has 3 rings (SSSR count). The molecule has 1 aromatic heterocycles. The van der Waals surface area contributed by atoms with E-state index in [2.05, 4.69) is 16.2 Å². The Labute approximate surface area is 177 Å². The van der Waals surface area contributed by atoms with Crippen LogP contribution < -0.4 is 25.6 Å². The number of furan rings is 1. The van der Waals surface area contributed by atoms with Crippen molar-refractivity contribution < 1.29 is 18.7 Å². The maximum Gasteiger partial charge on any atom is 0.305 e. The van der Waals surface area contributed by atoms with Gasteiger partial charge in [-0.2, -0.15) is 0 Å². The molecule has 150 valence electrons. The smallest absolute Gasteiger partial charge is 0.305 e. The number of anilines is 1. The standard InChI is InChI=1S/C20H18ClN3O4S/c1-26-14-8-6-13(7-9-14)22-20(29)24-23-19(25)18-11-10-15(28-18)12-27-17-5-3-2-4-16(17)21/h2-11H,12H2,1H3,(H,23,25)(H2,22,24,29). The van der Waals surface area contributed by atoms with Gasteiger partial charge in [-0.05, 0) is 60.7 Å². The highest BCUT2D eigenvalue weighted by molar-refractivity contribution is 7.80. The number of hydrogen-bond donors (Lipinski definition) is 3. The van der Waals surface area contributed by atoms with Crippen molar-refractivity contribution in [3.63, 3.8) is 0 Å². The lowest BCUT2D eigenvalue weighted by Crippen LogP contribution is -2.43. The molecule has 1 amide bonds. The van der Waals surface area contributed by atoms with Crippen molar-refractivity contribution in [1.82, 2.24) is 10.9 Å². The van der Waals surface area contributed by atoms with Crippen LogP contribution in [0.4, 0.5) is 5.69 Å². The summed E-state index contributed by atoms with van der Waals surface area (Å²) in [6.07, 6.45) is 0. The third-order valence-corrected chi connectivity index (χ3v) is 4.25. The van der Waals surface area contributed by atoms with Crippen LogP contribution in [0.3, 0.4) is 0 Å². The van der Waals surface area contributed by atoms with Crippen LogP contribution in [0.1, 0.15) is 16.3 Å². The molecule has 0 fully saturated rings. The average Bonchev–Trinajstić information content (AvgIpc) is 3.21. The van der Waals surface area contributed by atoms with Crippen LogP contribution in [0.5, 0.6) is 11.5 Å². The van der Waals surface area contributed by atoms with Crippen LogP contribution >= 0.6 is 23.8 Å². The topological polar surface area (TPSA) is 84.8 Å². The predicted molar refractivity (Wildman–Crippen MR) is 114 cm³/mol. The van der Waals surface area contributed by atoms with Gasteiger partial charge in [0.25, 0.3) is 0 Å². The molecule has 0 bridgehead atoms. The molecule has 0 unspecified atom stereocenters. The minimum absolute atomic E-state index is 0.113. The number of thiocarbonyl (C=S) groups is 1. The second kappa shape index (κ2) is 9.81. The van der Waals surface area contributed by atoms with Gasteiger partial charge in [-0.25, -0.2) is 0 Å². The average molecular weight is 432 g/mol. The van der Waals surface area contributed by atoms with Gasteiger partial charge in [-0.1, -0.05) is 23.7 Å². The number of hydrazine groups is 1. The van der Waals surface area contributed by atoms with Gasteiger partial charge in [-0.15, -0.1) is 0 Å². The summed E-state index contributed by atoms with van der Waals surface area (Å²) in [6, 6.07) is 17.5. The lowest BCUT2D eigenvalue weighted by molar-refractivity contribution is 0.0912. The van der Waals surface area contributed by atoms with Crippen LogP contribution in [0.2, 0.25) is 5.02 Å². The first-order valence-electron chi connectivity index (χ1n) is 8.52. The molecule has 2 aromatic carbocycles. The Morgan fingerprint density at radius 2 is 1.83 bits per heavy atom. The van der Waals surface area contributed by atoms with E-state index in [4.69, 9.17) is 37.7 Å². The lowest BCUT2D eigenvalue weighted by atomic mass is 10.3. The van der Waals surface area contributed by atoms with E-state index in [1.807, 2.05) is 12.1 Å². The fourth-order valence-corrected chi connectivity index (χ4v) is 2.66. The number of carbonyl (C=O) groups is 1. The molecule has 7 nitrogen and oxygen atoms in total. The summed E-state index contributed by atoms with van der Waals surface area (Å²) in [5.41, 5.74) is 5.82. The van der Waals surface area contributed by atoms with E-state index < -0.39 is 5.91 Å². The van der Waals surface area contributed by atoms with E-state index in [0.717, 1.165) is 11.4 Å². The molecular formula is C20H18ClN3O4S. The lowest BCUT2D eigenvalue weighted by Gasteiger charge is -2.11. The first kappa shape index (κ1) is 20.5. The van der Waals surface area contributed by atoms with Gasteiger partial charge in [-0.3, -0.25) is 15.6 Å². The summed E-state index contributed by atoms with van der Waals surface area (Å²) in [5.74, 6) is 1.38. The maximum atomic E-state index is 12.2. The fourth-order valence-electron chi connectivity index (χ4n) is 2.30. The third kappa shape index (κ3) is 5.87. The Balaban J connectivity index is 1.47. The van der Waals surface area contributed by atoms with E-state index in [9.17, 15) is 4.79 Å². The maximum absolute atomic E-state index is 12.2. The van der Waals surface area contributed by atoms with Gasteiger partial charge in [0.1, 0.15) is 23.9 Å². The molecule has 0 saturated carbocycles. The number of hydrogen-bond acceptors (Lipinski definition) is 5. The zero-order valence-corrected chi connectivity index (χ0v) is 17.0. The molecule has 3 aromatic rings. The number of nitrogens with one attached hydrogen (secondary N) is 3. The van der Waals surface area contributed by atoms with Crippen molar-refractivity contribution >= 4 is 40.5 Å². The molecular weight excluding hydrogens is 414 g/mol. The minimum Gasteiger partial charge on any atom is -0.497 e. The minimum atomic E-state index is -0.479. The Hall–Kier alpha value is -3.23. The van der Waals surface area contributed by atoms with Crippen LogP contribution in [0, 0.1) is 0 Å². The molecule has 0 saturated heterocycles. The number of rotatable bonds is 6. The zero-order chi connectivity index (χ0) is 20.6. The Bertz CT molecular complexity index is 991. The number of halogens is 1. The van der Waals surface area contributed by atoms with Gasteiger partial charge < -0.3 is 19.2 Å². The van der Waals surface area contributed by atoms with Crippen molar-refractivity contribution in [2.24, 2.45) is 0 Å². The number of amides is 1. The van der Waals surface area contributed by atoms with Crippen molar-refractivity contribution in [1.29, 1.82) is 0 Å².